The molecule has 4 rings (SSSR count). The van der Waals surface area contributed by atoms with Crippen LogP contribution in [-0.4, -0.2) is 53.7 Å². The number of hydrogen-bond donors (Lipinski definition) is 0. The van der Waals surface area contributed by atoms with Crippen molar-refractivity contribution < 1.29 is 24.0 Å². The second-order valence-electron chi connectivity index (χ2n) is 9.64. The molecule has 2 amide bonds. The number of thiazole rings is 1. The maximum Gasteiger partial charge on any atom is 0.333 e. The van der Waals surface area contributed by atoms with Crippen LogP contribution >= 0.6 is 11.3 Å². The standard InChI is InChI=1S/C25H30N6O5S/c1-15-13-25(2,3)30(10-6-7-23(34)36-31-21(32)8-9-22(31)33)18-12-19(35-5)17(11-16(15)18)28-29-24-27-14-20(26-4)37-24/h11-12,14-15H,4,6-10,13H2,1-3,5H3. The highest BCUT2D eigenvalue weighted by Gasteiger charge is 2.37. The Kier molecular flexibility index (Phi) is 7.67. The molecule has 3 heterocycles. The molecule has 2 aliphatic heterocycles. The van der Waals surface area contributed by atoms with Crippen LogP contribution in [0.4, 0.5) is 21.5 Å². The van der Waals surface area contributed by atoms with E-state index in [0.29, 0.717) is 39.6 Å². The van der Waals surface area contributed by atoms with E-state index in [4.69, 9.17) is 9.57 Å². The molecule has 1 fully saturated rings. The van der Waals surface area contributed by atoms with Crippen molar-refractivity contribution in [1.82, 2.24) is 10.0 Å². The number of carbonyl (C=O) groups excluding carboxylic acids is 3. The topological polar surface area (TPSA) is 126 Å². The van der Waals surface area contributed by atoms with Crippen molar-refractivity contribution in [2.75, 3.05) is 18.6 Å². The van der Waals surface area contributed by atoms with E-state index in [1.54, 1.807) is 13.3 Å². The van der Waals surface area contributed by atoms with Gasteiger partial charge in [-0.1, -0.05) is 18.3 Å². The third-order valence-corrected chi connectivity index (χ3v) is 7.34. The van der Waals surface area contributed by atoms with Gasteiger partial charge in [-0.25, -0.2) is 9.78 Å². The lowest BCUT2D eigenvalue weighted by Gasteiger charge is -2.47. The Balaban J connectivity index is 1.51. The Hall–Kier alpha value is -3.67. The van der Waals surface area contributed by atoms with E-state index in [9.17, 15) is 14.4 Å². The number of methoxy groups -OCH3 is 1. The maximum absolute atomic E-state index is 12.3. The molecule has 1 unspecified atom stereocenters. The highest BCUT2D eigenvalue weighted by Crippen LogP contribution is 2.48. The molecule has 0 N–H and O–H groups in total. The maximum atomic E-state index is 12.3. The second kappa shape index (κ2) is 10.8. The fraction of sp³-hybridized carbons (Fsp3) is 0.480. The number of benzene rings is 1. The van der Waals surface area contributed by atoms with Crippen molar-refractivity contribution in [3.05, 3.63) is 23.9 Å². The van der Waals surface area contributed by atoms with Crippen molar-refractivity contribution in [1.29, 1.82) is 0 Å². The Morgan fingerprint density at radius 1 is 1.24 bits per heavy atom. The average Bonchev–Trinajstić information content (AvgIpc) is 3.45. The lowest BCUT2D eigenvalue weighted by molar-refractivity contribution is -0.197. The van der Waals surface area contributed by atoms with Crippen LogP contribution in [0.25, 0.3) is 0 Å². The Labute approximate surface area is 219 Å². The summed E-state index contributed by atoms with van der Waals surface area (Å²) in [4.78, 5) is 51.0. The molecule has 1 aromatic heterocycles. The van der Waals surface area contributed by atoms with Gasteiger partial charge >= 0.3 is 5.97 Å². The first-order chi connectivity index (χ1) is 17.6. The van der Waals surface area contributed by atoms with Crippen molar-refractivity contribution in [2.24, 2.45) is 15.2 Å². The molecule has 196 valence electrons. The summed E-state index contributed by atoms with van der Waals surface area (Å²) in [5.74, 6) is -0.731. The monoisotopic (exact) mass is 526 g/mol. The average molecular weight is 527 g/mol. The highest BCUT2D eigenvalue weighted by atomic mass is 32.1. The summed E-state index contributed by atoms with van der Waals surface area (Å²) in [6, 6.07) is 3.95. The van der Waals surface area contributed by atoms with Crippen LogP contribution in [0.1, 0.15) is 64.4 Å². The number of azo groups is 1. The third kappa shape index (κ3) is 5.68. The minimum Gasteiger partial charge on any atom is -0.494 e. The molecule has 0 radical (unpaired) electrons. The number of aromatic nitrogens is 1. The molecule has 0 bridgehead atoms. The van der Waals surface area contributed by atoms with Gasteiger partial charge in [0.15, 0.2) is 0 Å². The highest BCUT2D eigenvalue weighted by molar-refractivity contribution is 7.18. The number of aliphatic imine (C=N–C) groups is 1. The lowest BCUT2D eigenvalue weighted by atomic mass is 9.79. The zero-order valence-electron chi connectivity index (χ0n) is 21.4. The third-order valence-electron chi connectivity index (χ3n) is 6.53. The van der Waals surface area contributed by atoms with Gasteiger partial charge in [0.1, 0.15) is 16.4 Å². The van der Waals surface area contributed by atoms with Crippen LogP contribution in [0.15, 0.2) is 33.6 Å². The number of rotatable bonds is 9. The second-order valence-corrected chi connectivity index (χ2v) is 10.6. The Morgan fingerprint density at radius 3 is 2.62 bits per heavy atom. The molecule has 2 aliphatic rings. The quantitative estimate of drug-likeness (QED) is 0.244. The lowest BCUT2D eigenvalue weighted by Crippen LogP contribution is -2.49. The molecule has 12 heteroatoms. The molecule has 37 heavy (non-hydrogen) atoms. The predicted molar refractivity (Wildman–Crippen MR) is 139 cm³/mol. The van der Waals surface area contributed by atoms with Gasteiger partial charge in [0.25, 0.3) is 11.8 Å². The first-order valence-corrected chi connectivity index (χ1v) is 12.8. The zero-order valence-corrected chi connectivity index (χ0v) is 22.2. The van der Waals surface area contributed by atoms with Gasteiger partial charge < -0.3 is 14.5 Å². The van der Waals surface area contributed by atoms with Gasteiger partial charge in [-0.2, -0.15) is 0 Å². The number of ether oxygens (including phenoxy) is 1. The molecule has 0 saturated carbocycles. The van der Waals surface area contributed by atoms with Gasteiger partial charge in [-0.05, 0) is 51.0 Å². The molecular formula is C25H30N6O5S. The van der Waals surface area contributed by atoms with E-state index in [1.807, 2.05) is 12.1 Å². The van der Waals surface area contributed by atoms with Gasteiger partial charge in [-0.15, -0.1) is 15.3 Å². The summed E-state index contributed by atoms with van der Waals surface area (Å²) >= 11 is 1.29. The number of amides is 2. The van der Waals surface area contributed by atoms with Gasteiger partial charge in [0.05, 0.1) is 13.3 Å². The van der Waals surface area contributed by atoms with E-state index in [1.165, 1.54) is 11.3 Å². The summed E-state index contributed by atoms with van der Waals surface area (Å²) in [6.45, 7) is 10.6. The van der Waals surface area contributed by atoms with Crippen molar-refractivity contribution in [3.63, 3.8) is 0 Å². The van der Waals surface area contributed by atoms with E-state index >= 15 is 0 Å². The molecule has 11 nitrogen and oxygen atoms in total. The van der Waals surface area contributed by atoms with E-state index < -0.39 is 17.8 Å². The first kappa shape index (κ1) is 26.4. The van der Waals surface area contributed by atoms with E-state index in [-0.39, 0.29) is 30.7 Å². The largest absolute Gasteiger partial charge is 0.494 e. The number of fused-ring (bicyclic) bond motifs is 1. The van der Waals surface area contributed by atoms with E-state index in [0.717, 1.165) is 17.7 Å². The molecule has 1 aromatic carbocycles. The summed E-state index contributed by atoms with van der Waals surface area (Å²) < 4.78 is 5.65. The van der Waals surface area contributed by atoms with Gasteiger partial charge in [-0.3, -0.25) is 14.6 Å². The number of anilines is 1. The molecule has 0 spiro atoms. The van der Waals surface area contributed by atoms with Crippen LogP contribution in [0, 0.1) is 0 Å². The number of hydroxylamine groups is 2. The first-order valence-electron chi connectivity index (χ1n) is 12.0. The van der Waals surface area contributed by atoms with Crippen LogP contribution in [0.2, 0.25) is 0 Å². The summed E-state index contributed by atoms with van der Waals surface area (Å²) in [5, 5.41) is 10.4. The SMILES string of the molecule is C=Nc1cnc(N=Nc2cc3c(cc2OC)N(CCCC(=O)ON2C(=O)CCC2=O)C(C)(C)CC3C)s1. The van der Waals surface area contributed by atoms with E-state index in [2.05, 4.69) is 52.6 Å². The zero-order chi connectivity index (χ0) is 26.7. The predicted octanol–water partition coefficient (Wildman–Crippen LogP) is 5.38. The van der Waals surface area contributed by atoms with Crippen molar-refractivity contribution >= 4 is 57.3 Å². The van der Waals surface area contributed by atoms with Gasteiger partial charge in [0, 0.05) is 43.1 Å². The number of nitrogens with zero attached hydrogens (tertiary/aromatic N) is 6. The molecule has 0 aliphatic carbocycles. The van der Waals surface area contributed by atoms with Crippen LogP contribution in [0.5, 0.6) is 5.75 Å². The van der Waals surface area contributed by atoms with Crippen molar-refractivity contribution in [3.8, 4) is 5.75 Å². The van der Waals surface area contributed by atoms with Crippen LogP contribution < -0.4 is 9.64 Å². The summed E-state index contributed by atoms with van der Waals surface area (Å²) in [7, 11) is 1.59. The normalized spacial score (nSPS) is 18.9. The van der Waals surface area contributed by atoms with Crippen LogP contribution in [-0.2, 0) is 19.2 Å². The van der Waals surface area contributed by atoms with Crippen LogP contribution in [0.3, 0.4) is 0 Å². The fourth-order valence-corrected chi connectivity index (χ4v) is 5.37. The molecule has 1 saturated heterocycles. The Bertz CT molecular complexity index is 1240. The fourth-order valence-electron chi connectivity index (χ4n) is 4.82. The number of hydrogen-bond acceptors (Lipinski definition) is 11. The molecular weight excluding hydrogens is 496 g/mol. The van der Waals surface area contributed by atoms with Gasteiger partial charge in [0.2, 0.25) is 5.13 Å². The number of carbonyl (C=O) groups is 3. The minimum absolute atomic E-state index is 0.0728. The number of imide groups is 1. The van der Waals surface area contributed by atoms with Crippen molar-refractivity contribution in [2.45, 2.75) is 64.3 Å². The summed E-state index contributed by atoms with van der Waals surface area (Å²) in [6.07, 6.45) is 3.19. The molecule has 1 atom stereocenters. The smallest absolute Gasteiger partial charge is 0.333 e. The minimum atomic E-state index is -0.600. The summed E-state index contributed by atoms with van der Waals surface area (Å²) in [5.41, 5.74) is 2.53. The Morgan fingerprint density at radius 2 is 1.97 bits per heavy atom. The molecule has 2 aromatic rings.